The predicted molar refractivity (Wildman–Crippen MR) is 107 cm³/mol. The third-order valence-corrected chi connectivity index (χ3v) is 5.10. The van der Waals surface area contributed by atoms with Crippen molar-refractivity contribution in [2.24, 2.45) is 5.92 Å². The van der Waals surface area contributed by atoms with Crippen LogP contribution >= 0.6 is 0 Å². The number of furan rings is 1. The van der Waals surface area contributed by atoms with E-state index in [-0.39, 0.29) is 41.1 Å². The average Bonchev–Trinajstić information content (AvgIpc) is 3.28. The predicted octanol–water partition coefficient (Wildman–Crippen LogP) is 3.12. The molecule has 4 rings (SSSR count). The van der Waals surface area contributed by atoms with Crippen LogP contribution in [0.1, 0.15) is 47.3 Å². The van der Waals surface area contributed by atoms with E-state index >= 15 is 0 Å². The molecule has 1 aliphatic rings. The first-order chi connectivity index (χ1) is 13.8. The number of hydrogen-bond donors (Lipinski definition) is 3. The number of fused-ring (bicyclic) bond motifs is 1. The third kappa shape index (κ3) is 3.10. The number of amides is 1. The maximum absolute atomic E-state index is 14.5. The number of aryl methyl sites for hydroxylation is 1. The smallest absolute Gasteiger partial charge is 0.254 e. The van der Waals surface area contributed by atoms with Gasteiger partial charge in [0.1, 0.15) is 28.7 Å². The Kier molecular flexibility index (Phi) is 4.49. The van der Waals surface area contributed by atoms with E-state index in [1.54, 1.807) is 6.07 Å². The fourth-order valence-corrected chi connectivity index (χ4v) is 3.53. The van der Waals surface area contributed by atoms with Crippen molar-refractivity contribution in [2.75, 3.05) is 10.6 Å². The molecule has 7 nitrogen and oxygen atoms in total. The van der Waals surface area contributed by atoms with Crippen molar-refractivity contribution in [1.29, 1.82) is 0 Å². The standard InChI is InChI=1S/C21H20FN3O4/c1-9(2)15(13-7-4-10(3)29-13)24-17-18(20(27)19(17)26)25-16-12(22)6-5-11-8-23-21(28)14(11)16/h4-7,9,15,24-25H,8H2,1-3H3,(H,23,28). The molecule has 1 amide bonds. The minimum atomic E-state index is -0.763. The number of carbonyl (C=O) groups is 1. The summed E-state index contributed by atoms with van der Waals surface area (Å²) < 4.78 is 20.1. The molecule has 0 bridgehead atoms. The Bertz CT molecular complexity index is 1190. The number of benzene rings is 1. The van der Waals surface area contributed by atoms with Gasteiger partial charge < -0.3 is 20.4 Å². The molecular formula is C21H20FN3O4. The van der Waals surface area contributed by atoms with Crippen LogP contribution < -0.4 is 26.8 Å². The molecule has 3 N–H and O–H groups in total. The number of carbonyl (C=O) groups excluding carboxylic acids is 1. The SMILES string of the molecule is Cc1ccc(C(Nc2c(Nc3c(F)ccc4c3C(=O)NC4)c(=O)c2=O)C(C)C)o1. The summed E-state index contributed by atoms with van der Waals surface area (Å²) in [4.78, 5) is 36.5. The molecule has 0 fully saturated rings. The molecule has 0 radical (unpaired) electrons. The normalized spacial score (nSPS) is 14.2. The first kappa shape index (κ1) is 18.9. The summed E-state index contributed by atoms with van der Waals surface area (Å²) in [7, 11) is 0. The topological polar surface area (TPSA) is 100 Å². The van der Waals surface area contributed by atoms with E-state index in [9.17, 15) is 18.8 Å². The van der Waals surface area contributed by atoms with Gasteiger partial charge >= 0.3 is 0 Å². The summed E-state index contributed by atoms with van der Waals surface area (Å²) in [6.07, 6.45) is 0. The Morgan fingerprint density at radius 1 is 1.03 bits per heavy atom. The highest BCUT2D eigenvalue weighted by molar-refractivity contribution is 6.04. The molecule has 3 aromatic rings. The molecule has 1 aliphatic heterocycles. The lowest BCUT2D eigenvalue weighted by molar-refractivity contribution is 0.0966. The Balaban J connectivity index is 1.70. The molecule has 1 aromatic heterocycles. The molecule has 0 saturated carbocycles. The highest BCUT2D eigenvalue weighted by Crippen LogP contribution is 2.34. The Hall–Kier alpha value is -3.42. The molecule has 0 saturated heterocycles. The number of hydrogen-bond acceptors (Lipinski definition) is 6. The van der Waals surface area contributed by atoms with Crippen LogP contribution in [0, 0.1) is 18.7 Å². The summed E-state index contributed by atoms with van der Waals surface area (Å²) in [5.74, 6) is 0.288. The van der Waals surface area contributed by atoms with Crippen molar-refractivity contribution in [2.45, 2.75) is 33.4 Å². The van der Waals surface area contributed by atoms with Crippen molar-refractivity contribution in [3.8, 4) is 0 Å². The molecule has 1 unspecified atom stereocenters. The van der Waals surface area contributed by atoms with Crippen LogP contribution in [0.15, 0.2) is 38.3 Å². The quantitative estimate of drug-likeness (QED) is 0.553. The molecule has 29 heavy (non-hydrogen) atoms. The molecule has 0 spiro atoms. The summed E-state index contributed by atoms with van der Waals surface area (Å²) in [5, 5.41) is 8.37. The van der Waals surface area contributed by atoms with E-state index in [4.69, 9.17) is 4.42 Å². The van der Waals surface area contributed by atoms with Gasteiger partial charge in [-0.1, -0.05) is 19.9 Å². The second-order valence-corrected chi connectivity index (χ2v) is 7.49. The van der Waals surface area contributed by atoms with Gasteiger partial charge in [0, 0.05) is 6.54 Å². The Morgan fingerprint density at radius 2 is 1.76 bits per heavy atom. The first-order valence-corrected chi connectivity index (χ1v) is 9.30. The van der Waals surface area contributed by atoms with Gasteiger partial charge in [0.05, 0.1) is 17.3 Å². The van der Waals surface area contributed by atoms with E-state index in [0.29, 0.717) is 11.3 Å². The summed E-state index contributed by atoms with van der Waals surface area (Å²) >= 11 is 0. The molecular weight excluding hydrogens is 377 g/mol. The van der Waals surface area contributed by atoms with Gasteiger partial charge in [-0.15, -0.1) is 0 Å². The van der Waals surface area contributed by atoms with Crippen molar-refractivity contribution in [1.82, 2.24) is 5.32 Å². The molecule has 150 valence electrons. The largest absolute Gasteiger partial charge is 0.464 e. The van der Waals surface area contributed by atoms with Crippen molar-refractivity contribution in [3.63, 3.8) is 0 Å². The Labute approximate surface area is 165 Å². The van der Waals surface area contributed by atoms with Crippen LogP contribution in [0.4, 0.5) is 21.5 Å². The minimum Gasteiger partial charge on any atom is -0.464 e. The van der Waals surface area contributed by atoms with Crippen LogP contribution in [0.2, 0.25) is 0 Å². The maximum Gasteiger partial charge on any atom is 0.254 e. The summed E-state index contributed by atoms with van der Waals surface area (Å²) in [5.41, 5.74) is -0.805. The lowest BCUT2D eigenvalue weighted by Gasteiger charge is -2.24. The zero-order valence-electron chi connectivity index (χ0n) is 16.2. The van der Waals surface area contributed by atoms with E-state index in [1.165, 1.54) is 12.1 Å². The van der Waals surface area contributed by atoms with Gasteiger partial charge in [-0.3, -0.25) is 14.4 Å². The van der Waals surface area contributed by atoms with Gasteiger partial charge in [-0.2, -0.15) is 0 Å². The lowest BCUT2D eigenvalue weighted by Crippen LogP contribution is -2.38. The van der Waals surface area contributed by atoms with E-state index in [0.717, 1.165) is 5.76 Å². The van der Waals surface area contributed by atoms with Crippen molar-refractivity contribution < 1.29 is 13.6 Å². The number of rotatable bonds is 6. The molecule has 2 aromatic carbocycles. The van der Waals surface area contributed by atoms with E-state index in [2.05, 4.69) is 16.0 Å². The number of halogens is 1. The van der Waals surface area contributed by atoms with Crippen molar-refractivity contribution in [3.05, 3.63) is 73.2 Å². The molecule has 0 aliphatic carbocycles. The van der Waals surface area contributed by atoms with Crippen LogP contribution in [0.25, 0.3) is 0 Å². The zero-order valence-corrected chi connectivity index (χ0v) is 16.2. The van der Waals surface area contributed by atoms with Gasteiger partial charge in [0.25, 0.3) is 16.8 Å². The van der Waals surface area contributed by atoms with E-state index in [1.807, 2.05) is 26.8 Å². The summed E-state index contributed by atoms with van der Waals surface area (Å²) in [6, 6.07) is 6.00. The second kappa shape index (κ2) is 6.88. The summed E-state index contributed by atoms with van der Waals surface area (Å²) in [6.45, 7) is 5.99. The first-order valence-electron chi connectivity index (χ1n) is 9.30. The highest BCUT2D eigenvalue weighted by atomic mass is 19.1. The molecule has 2 heterocycles. The third-order valence-electron chi connectivity index (χ3n) is 5.10. The van der Waals surface area contributed by atoms with Gasteiger partial charge in [0.2, 0.25) is 0 Å². The number of nitrogens with one attached hydrogen (secondary N) is 3. The maximum atomic E-state index is 14.5. The average molecular weight is 397 g/mol. The lowest BCUT2D eigenvalue weighted by atomic mass is 10.00. The number of anilines is 3. The van der Waals surface area contributed by atoms with E-state index < -0.39 is 22.6 Å². The monoisotopic (exact) mass is 397 g/mol. The molecule has 8 heteroatoms. The van der Waals surface area contributed by atoms with Gasteiger partial charge in [-0.05, 0) is 36.6 Å². The van der Waals surface area contributed by atoms with Crippen LogP contribution in [0.5, 0.6) is 0 Å². The van der Waals surface area contributed by atoms with Crippen LogP contribution in [-0.2, 0) is 6.54 Å². The van der Waals surface area contributed by atoms with Gasteiger partial charge in [0.15, 0.2) is 0 Å². The fourth-order valence-electron chi connectivity index (χ4n) is 3.53. The van der Waals surface area contributed by atoms with Crippen LogP contribution in [-0.4, -0.2) is 5.91 Å². The fraction of sp³-hybridized carbons (Fsp3) is 0.286. The molecule has 1 atom stereocenters. The van der Waals surface area contributed by atoms with Crippen LogP contribution in [0.3, 0.4) is 0 Å². The van der Waals surface area contributed by atoms with Gasteiger partial charge in [-0.25, -0.2) is 4.39 Å². The zero-order chi connectivity index (χ0) is 20.9. The second-order valence-electron chi connectivity index (χ2n) is 7.49. The van der Waals surface area contributed by atoms with Crippen molar-refractivity contribution >= 4 is 23.0 Å². The highest BCUT2D eigenvalue weighted by Gasteiger charge is 2.30. The Morgan fingerprint density at radius 3 is 2.41 bits per heavy atom. The minimum absolute atomic E-state index is 0.0429.